The first-order valence-electron chi connectivity index (χ1n) is 13.0. The van der Waals surface area contributed by atoms with Crippen LogP contribution in [0.4, 0.5) is 22.7 Å². The summed E-state index contributed by atoms with van der Waals surface area (Å²) in [7, 11) is 0. The summed E-state index contributed by atoms with van der Waals surface area (Å²) in [5.41, 5.74) is 9.79. The molecule has 0 fully saturated rings. The zero-order valence-corrected chi connectivity index (χ0v) is 22.6. The van der Waals surface area contributed by atoms with Gasteiger partial charge < -0.3 is 26.7 Å². The number of amides is 3. The molecule has 13 heteroatoms. The van der Waals surface area contributed by atoms with E-state index in [1.165, 1.54) is 24.4 Å². The molecule has 0 radical (unpaired) electrons. The second-order valence-electron chi connectivity index (χ2n) is 9.50. The fourth-order valence-corrected chi connectivity index (χ4v) is 4.44. The van der Waals surface area contributed by atoms with Crippen LogP contribution >= 0.6 is 0 Å². The summed E-state index contributed by atoms with van der Waals surface area (Å²) in [5, 5.41) is 27.4. The number of carbonyl (C=O) groups is 3. The van der Waals surface area contributed by atoms with Crippen LogP contribution in [-0.4, -0.2) is 46.1 Å². The SMILES string of the molecule is Cc1[nH]c(C=NN=C2C(=O)Nc3ccc([N+](=O)[O-])cc32)c(C)c1C(=O)NCCCCCC(=O)Nc1ccccc1N. The van der Waals surface area contributed by atoms with Crippen LogP contribution in [-0.2, 0) is 9.59 Å². The number of nitrogens with one attached hydrogen (secondary N) is 4. The third kappa shape index (κ3) is 6.82. The standard InChI is InChI=1S/C28H30N8O5/c1-16-23(15-31-35-26-19-14-18(36(40)41)11-12-21(19)34-28(26)39)32-17(2)25(16)27(38)30-13-7-3-4-10-24(37)33-22-9-6-5-8-20(22)29/h5-6,8-9,11-12,14-15,32H,3-4,7,10,13,29H2,1-2H3,(H,30,38)(H,33,37)(H,34,35,39). The molecule has 13 nitrogen and oxygen atoms in total. The van der Waals surface area contributed by atoms with Crippen molar-refractivity contribution in [3.05, 3.63) is 80.7 Å². The summed E-state index contributed by atoms with van der Waals surface area (Å²) in [6.45, 7) is 3.99. The first-order valence-corrected chi connectivity index (χ1v) is 13.0. The van der Waals surface area contributed by atoms with Gasteiger partial charge in [-0.25, -0.2) is 0 Å². The van der Waals surface area contributed by atoms with Crippen molar-refractivity contribution in [2.24, 2.45) is 10.2 Å². The van der Waals surface area contributed by atoms with Crippen LogP contribution in [0.5, 0.6) is 0 Å². The number of carbonyl (C=O) groups excluding carboxylic acids is 3. The number of aromatic amines is 1. The van der Waals surface area contributed by atoms with E-state index in [9.17, 15) is 24.5 Å². The molecule has 4 rings (SSSR count). The molecule has 2 heterocycles. The van der Waals surface area contributed by atoms with Gasteiger partial charge in [0.25, 0.3) is 17.5 Å². The van der Waals surface area contributed by atoms with E-state index in [1.54, 1.807) is 38.1 Å². The predicted octanol–water partition coefficient (Wildman–Crippen LogP) is 3.83. The smallest absolute Gasteiger partial charge is 0.276 e. The summed E-state index contributed by atoms with van der Waals surface area (Å²) in [6, 6.07) is 11.1. The molecule has 0 atom stereocenters. The minimum absolute atomic E-state index is 0.0412. The highest BCUT2D eigenvalue weighted by atomic mass is 16.6. The van der Waals surface area contributed by atoms with Gasteiger partial charge in [-0.15, -0.1) is 5.10 Å². The van der Waals surface area contributed by atoms with E-state index in [1.807, 2.05) is 0 Å². The fourth-order valence-electron chi connectivity index (χ4n) is 4.44. The summed E-state index contributed by atoms with van der Waals surface area (Å²) in [6.07, 6.45) is 3.90. The van der Waals surface area contributed by atoms with Crippen molar-refractivity contribution in [1.82, 2.24) is 10.3 Å². The average molecular weight is 559 g/mol. The van der Waals surface area contributed by atoms with E-state index in [0.717, 1.165) is 6.42 Å². The molecule has 0 bridgehead atoms. The summed E-state index contributed by atoms with van der Waals surface area (Å²) in [5.74, 6) is -0.863. The molecule has 0 saturated heterocycles. The molecule has 0 unspecified atom stereocenters. The highest BCUT2D eigenvalue weighted by molar-refractivity contribution is 6.53. The molecule has 3 aromatic rings. The Morgan fingerprint density at radius 1 is 1.12 bits per heavy atom. The van der Waals surface area contributed by atoms with Crippen LogP contribution in [0.3, 0.4) is 0 Å². The lowest BCUT2D eigenvalue weighted by Crippen LogP contribution is -2.25. The Hall–Kier alpha value is -5.33. The highest BCUT2D eigenvalue weighted by Crippen LogP contribution is 2.28. The van der Waals surface area contributed by atoms with Crippen LogP contribution in [0.25, 0.3) is 0 Å². The molecular formula is C28H30N8O5. The number of nitro groups is 1. The van der Waals surface area contributed by atoms with Gasteiger partial charge >= 0.3 is 0 Å². The number of aryl methyl sites for hydroxylation is 1. The van der Waals surface area contributed by atoms with E-state index >= 15 is 0 Å². The van der Waals surface area contributed by atoms with Crippen molar-refractivity contribution in [3.8, 4) is 0 Å². The number of nitrogen functional groups attached to an aromatic ring is 1. The van der Waals surface area contributed by atoms with Crippen LogP contribution in [0.2, 0.25) is 0 Å². The molecule has 212 valence electrons. The largest absolute Gasteiger partial charge is 0.397 e. The minimum atomic E-state index is -0.551. The fraction of sp³-hybridized carbons (Fsp3) is 0.250. The lowest BCUT2D eigenvalue weighted by atomic mass is 10.1. The number of unbranched alkanes of at least 4 members (excludes halogenated alkanes) is 2. The molecule has 0 aliphatic carbocycles. The van der Waals surface area contributed by atoms with Gasteiger partial charge in [-0.1, -0.05) is 18.6 Å². The first-order chi connectivity index (χ1) is 19.7. The van der Waals surface area contributed by atoms with Crippen molar-refractivity contribution in [2.45, 2.75) is 39.5 Å². The average Bonchev–Trinajstić information content (AvgIpc) is 3.40. The Balaban J connectivity index is 1.28. The zero-order valence-electron chi connectivity index (χ0n) is 22.6. The second-order valence-corrected chi connectivity index (χ2v) is 9.50. The van der Waals surface area contributed by atoms with Crippen molar-refractivity contribution < 1.29 is 19.3 Å². The Bertz CT molecular complexity index is 1570. The van der Waals surface area contributed by atoms with Crippen LogP contribution in [0.1, 0.15) is 58.6 Å². The third-order valence-corrected chi connectivity index (χ3v) is 6.58. The zero-order chi connectivity index (χ0) is 29.5. The number of para-hydroxylation sites is 2. The number of benzene rings is 2. The van der Waals surface area contributed by atoms with Gasteiger partial charge in [0.05, 0.1) is 39.5 Å². The number of hydrogen-bond acceptors (Lipinski definition) is 8. The maximum absolute atomic E-state index is 12.8. The predicted molar refractivity (Wildman–Crippen MR) is 156 cm³/mol. The summed E-state index contributed by atoms with van der Waals surface area (Å²) < 4.78 is 0. The summed E-state index contributed by atoms with van der Waals surface area (Å²) in [4.78, 5) is 50.9. The van der Waals surface area contributed by atoms with Crippen molar-refractivity contribution in [1.29, 1.82) is 0 Å². The summed E-state index contributed by atoms with van der Waals surface area (Å²) >= 11 is 0. The van der Waals surface area contributed by atoms with E-state index in [4.69, 9.17) is 5.73 Å². The van der Waals surface area contributed by atoms with E-state index < -0.39 is 10.8 Å². The molecule has 6 N–H and O–H groups in total. The number of fused-ring (bicyclic) bond motifs is 1. The number of H-pyrrole nitrogens is 1. The minimum Gasteiger partial charge on any atom is -0.397 e. The van der Waals surface area contributed by atoms with Gasteiger partial charge in [0.15, 0.2) is 5.71 Å². The van der Waals surface area contributed by atoms with Gasteiger partial charge in [-0.05, 0) is 50.5 Å². The Labute approximate surface area is 235 Å². The van der Waals surface area contributed by atoms with Gasteiger partial charge in [0.1, 0.15) is 0 Å². The number of nitro benzene ring substituents is 1. The number of rotatable bonds is 11. The third-order valence-electron chi connectivity index (χ3n) is 6.58. The van der Waals surface area contributed by atoms with Gasteiger partial charge in [-0.3, -0.25) is 24.5 Å². The topological polar surface area (TPSA) is 197 Å². The molecule has 0 spiro atoms. The van der Waals surface area contributed by atoms with Gasteiger partial charge in [0, 0.05) is 36.4 Å². The molecular weight excluding hydrogens is 528 g/mol. The highest BCUT2D eigenvalue weighted by Gasteiger charge is 2.28. The van der Waals surface area contributed by atoms with E-state index in [2.05, 4.69) is 31.1 Å². The number of non-ortho nitro benzene ring substituents is 1. The molecule has 0 saturated carbocycles. The number of nitrogens with zero attached hydrogens (tertiary/aromatic N) is 3. The van der Waals surface area contributed by atoms with Crippen molar-refractivity contribution >= 4 is 52.4 Å². The Morgan fingerprint density at radius 2 is 1.90 bits per heavy atom. The quantitative estimate of drug-likeness (QED) is 0.0779. The van der Waals surface area contributed by atoms with Crippen LogP contribution < -0.4 is 21.7 Å². The number of anilines is 3. The number of hydrogen-bond donors (Lipinski definition) is 5. The number of aromatic nitrogens is 1. The maximum atomic E-state index is 12.8. The van der Waals surface area contributed by atoms with Crippen LogP contribution in [0, 0.1) is 24.0 Å². The van der Waals surface area contributed by atoms with Crippen molar-refractivity contribution in [3.63, 3.8) is 0 Å². The monoisotopic (exact) mass is 558 g/mol. The van der Waals surface area contributed by atoms with E-state index in [-0.39, 0.29) is 23.2 Å². The Kier molecular flexibility index (Phi) is 8.87. The Morgan fingerprint density at radius 3 is 2.66 bits per heavy atom. The molecule has 1 aliphatic heterocycles. The maximum Gasteiger partial charge on any atom is 0.276 e. The second kappa shape index (κ2) is 12.7. The molecule has 41 heavy (non-hydrogen) atoms. The number of nitrogens with two attached hydrogens (primary N) is 1. The molecule has 1 aromatic heterocycles. The van der Waals surface area contributed by atoms with Gasteiger partial charge in [-0.2, -0.15) is 5.10 Å². The lowest BCUT2D eigenvalue weighted by molar-refractivity contribution is -0.384. The molecule has 2 aromatic carbocycles. The van der Waals surface area contributed by atoms with E-state index in [0.29, 0.717) is 70.9 Å². The normalized spacial score (nSPS) is 13.3. The van der Waals surface area contributed by atoms with Gasteiger partial charge in [0.2, 0.25) is 5.91 Å². The molecule has 1 aliphatic rings. The molecule has 3 amide bonds. The van der Waals surface area contributed by atoms with Crippen molar-refractivity contribution in [2.75, 3.05) is 22.9 Å². The van der Waals surface area contributed by atoms with Crippen LogP contribution in [0.15, 0.2) is 52.7 Å². The first kappa shape index (κ1) is 28.7. The lowest BCUT2D eigenvalue weighted by Gasteiger charge is -2.08.